The zero-order valence-corrected chi connectivity index (χ0v) is 11.6. The first-order valence-corrected chi connectivity index (χ1v) is 7.81. The molecule has 0 fully saturated rings. The normalized spacial score (nSPS) is 13.3. The molecule has 0 aliphatic heterocycles. The van der Waals surface area contributed by atoms with Crippen molar-refractivity contribution >= 4 is 27.1 Å². The van der Waals surface area contributed by atoms with Crippen molar-refractivity contribution in [1.29, 1.82) is 0 Å². The largest absolute Gasteiger partial charge is 0.369 e. The molecule has 2 heterocycles. The summed E-state index contributed by atoms with van der Waals surface area (Å²) in [5.74, 6) is -1.70. The van der Waals surface area contributed by atoms with Crippen LogP contribution in [-0.4, -0.2) is 24.5 Å². The Kier molecular flexibility index (Phi) is 3.67. The highest BCUT2D eigenvalue weighted by Crippen LogP contribution is 2.21. The fraction of sp³-hybridized carbons (Fsp3) is 0.300. The molecular formula is C10H11N3O4S2. The summed E-state index contributed by atoms with van der Waals surface area (Å²) in [6, 6.07) is 3.15. The molecule has 7 nitrogen and oxygen atoms in total. The maximum absolute atomic E-state index is 12.0. The van der Waals surface area contributed by atoms with E-state index in [1.807, 2.05) is 0 Å². The van der Waals surface area contributed by atoms with Crippen molar-refractivity contribution in [3.05, 3.63) is 29.2 Å². The Morgan fingerprint density at radius 2 is 2.32 bits per heavy atom. The number of nitrogens with zero attached hydrogens (tertiary/aromatic N) is 2. The van der Waals surface area contributed by atoms with E-state index in [0.717, 1.165) is 11.3 Å². The second-order valence-electron chi connectivity index (χ2n) is 3.86. The molecule has 9 heteroatoms. The van der Waals surface area contributed by atoms with Gasteiger partial charge in [-0.15, -0.1) is 11.3 Å². The molecule has 0 saturated heterocycles. The van der Waals surface area contributed by atoms with Gasteiger partial charge in [-0.05, 0) is 18.4 Å². The lowest BCUT2D eigenvalue weighted by Gasteiger charge is -1.98. The lowest BCUT2D eigenvalue weighted by atomic mass is 10.2. The van der Waals surface area contributed by atoms with Gasteiger partial charge in [-0.2, -0.15) is 4.98 Å². The van der Waals surface area contributed by atoms with Crippen LogP contribution in [0.25, 0.3) is 0 Å². The second kappa shape index (κ2) is 5.10. The molecule has 2 rings (SSSR count). The van der Waals surface area contributed by atoms with Gasteiger partial charge in [-0.25, -0.2) is 8.42 Å². The Morgan fingerprint density at radius 3 is 2.89 bits per heavy atom. The van der Waals surface area contributed by atoms with Crippen molar-refractivity contribution in [2.24, 2.45) is 5.73 Å². The maximum Gasteiger partial charge on any atom is 0.238 e. The van der Waals surface area contributed by atoms with Crippen molar-refractivity contribution in [1.82, 2.24) is 10.1 Å². The summed E-state index contributed by atoms with van der Waals surface area (Å²) in [6.07, 6.45) is 0. The molecule has 0 aliphatic rings. The molecule has 0 saturated carbocycles. The molecule has 0 radical (unpaired) electrons. The molecule has 0 spiro atoms. The first-order valence-electron chi connectivity index (χ1n) is 5.28. The van der Waals surface area contributed by atoms with Gasteiger partial charge in [-0.1, -0.05) is 11.2 Å². The van der Waals surface area contributed by atoms with E-state index >= 15 is 0 Å². The lowest BCUT2D eigenvalue weighted by Crippen LogP contribution is -2.19. The number of hydrogen-bond donors (Lipinski definition) is 1. The number of nitrogens with two attached hydrogens (primary N) is 1. The van der Waals surface area contributed by atoms with Crippen LogP contribution in [0.2, 0.25) is 0 Å². The minimum atomic E-state index is -3.49. The van der Waals surface area contributed by atoms with Crippen molar-refractivity contribution in [3.63, 3.8) is 0 Å². The van der Waals surface area contributed by atoms with Gasteiger partial charge < -0.3 is 10.3 Å². The average molecular weight is 301 g/mol. The van der Waals surface area contributed by atoms with Gasteiger partial charge in [0.2, 0.25) is 11.8 Å². The van der Waals surface area contributed by atoms with Crippen LogP contribution in [0.15, 0.2) is 26.2 Å². The van der Waals surface area contributed by atoms with Gasteiger partial charge in [0.25, 0.3) is 0 Å². The number of hydrogen-bond acceptors (Lipinski definition) is 7. The summed E-state index contributed by atoms with van der Waals surface area (Å²) in [5.41, 5.74) is 5.10. The minimum absolute atomic E-state index is 0.0106. The number of amides is 1. The molecule has 1 atom stereocenters. The molecule has 0 aromatic carbocycles. The summed E-state index contributed by atoms with van der Waals surface area (Å²) < 4.78 is 29.0. The van der Waals surface area contributed by atoms with E-state index in [0.29, 0.717) is 0 Å². The topological polar surface area (TPSA) is 116 Å². The van der Waals surface area contributed by atoms with Crippen molar-refractivity contribution in [2.75, 3.05) is 0 Å². The van der Waals surface area contributed by atoms with E-state index in [2.05, 4.69) is 10.1 Å². The van der Waals surface area contributed by atoms with Crippen LogP contribution >= 0.6 is 11.3 Å². The van der Waals surface area contributed by atoms with E-state index in [4.69, 9.17) is 10.3 Å². The summed E-state index contributed by atoms with van der Waals surface area (Å²) in [4.78, 5) is 14.8. The molecule has 0 aliphatic carbocycles. The third kappa shape index (κ3) is 2.99. The molecule has 19 heavy (non-hydrogen) atoms. The molecule has 2 N–H and O–H groups in total. The third-order valence-corrected chi connectivity index (χ3v) is 5.50. The van der Waals surface area contributed by atoms with Crippen LogP contribution < -0.4 is 5.73 Å². The predicted molar refractivity (Wildman–Crippen MR) is 67.1 cm³/mol. The predicted octanol–water partition coefficient (Wildman–Crippen LogP) is 0.694. The fourth-order valence-corrected chi connectivity index (χ4v) is 3.57. The van der Waals surface area contributed by atoms with Gasteiger partial charge in [0.05, 0.1) is 0 Å². The van der Waals surface area contributed by atoms with E-state index in [9.17, 15) is 13.2 Å². The fourth-order valence-electron chi connectivity index (χ4n) is 1.31. The maximum atomic E-state index is 12.0. The van der Waals surface area contributed by atoms with Gasteiger partial charge in [-0.3, -0.25) is 4.79 Å². The zero-order valence-electron chi connectivity index (χ0n) is 9.94. The first-order chi connectivity index (χ1) is 8.90. The highest BCUT2D eigenvalue weighted by Gasteiger charge is 2.23. The van der Waals surface area contributed by atoms with E-state index < -0.39 is 21.7 Å². The first kappa shape index (κ1) is 13.7. The second-order valence-corrected chi connectivity index (χ2v) is 7.03. The molecular weight excluding hydrogens is 290 g/mol. The summed E-state index contributed by atoms with van der Waals surface area (Å²) in [6.45, 7) is 1.51. The van der Waals surface area contributed by atoms with Crippen LogP contribution in [0.5, 0.6) is 0 Å². The highest BCUT2D eigenvalue weighted by molar-refractivity contribution is 7.92. The standard InChI is InChI=1S/C10H11N3O4S2/c1-6(9(11)14)10-12-7(13-17-10)5-19(15,16)8-3-2-4-18-8/h2-4,6H,5H2,1H3,(H2,11,14). The number of primary amides is 1. The van der Waals surface area contributed by atoms with Gasteiger partial charge in [0, 0.05) is 0 Å². The van der Waals surface area contributed by atoms with Crippen LogP contribution in [0.4, 0.5) is 0 Å². The summed E-state index contributed by atoms with van der Waals surface area (Å²) >= 11 is 1.12. The summed E-state index contributed by atoms with van der Waals surface area (Å²) in [5, 5.41) is 5.22. The molecule has 2 aromatic rings. The van der Waals surface area contributed by atoms with E-state index in [1.54, 1.807) is 11.4 Å². The summed E-state index contributed by atoms with van der Waals surface area (Å²) in [7, 11) is -3.49. The number of sulfone groups is 1. The van der Waals surface area contributed by atoms with Crippen LogP contribution in [0, 0.1) is 0 Å². The van der Waals surface area contributed by atoms with Gasteiger partial charge in [0.1, 0.15) is 15.9 Å². The smallest absolute Gasteiger partial charge is 0.238 e. The molecule has 102 valence electrons. The van der Waals surface area contributed by atoms with E-state index in [-0.39, 0.29) is 21.7 Å². The monoisotopic (exact) mass is 301 g/mol. The van der Waals surface area contributed by atoms with E-state index in [1.165, 1.54) is 13.0 Å². The van der Waals surface area contributed by atoms with Crippen molar-refractivity contribution < 1.29 is 17.7 Å². The zero-order chi connectivity index (χ0) is 14.0. The number of carbonyl (C=O) groups is 1. The van der Waals surface area contributed by atoms with Gasteiger partial charge >= 0.3 is 0 Å². The SMILES string of the molecule is CC(C(N)=O)c1nc(CS(=O)(=O)c2cccs2)no1. The quantitative estimate of drug-likeness (QED) is 0.868. The molecule has 1 unspecified atom stereocenters. The number of carbonyl (C=O) groups excluding carboxylic acids is 1. The van der Waals surface area contributed by atoms with Crippen LogP contribution in [0.3, 0.4) is 0 Å². The van der Waals surface area contributed by atoms with Crippen molar-refractivity contribution in [2.45, 2.75) is 22.8 Å². The lowest BCUT2D eigenvalue weighted by molar-refractivity contribution is -0.119. The van der Waals surface area contributed by atoms with Gasteiger partial charge in [0.15, 0.2) is 15.7 Å². The number of thiophene rings is 1. The minimum Gasteiger partial charge on any atom is -0.369 e. The highest BCUT2D eigenvalue weighted by atomic mass is 32.2. The molecule has 2 aromatic heterocycles. The Balaban J connectivity index is 2.19. The molecule has 0 bridgehead atoms. The Hall–Kier alpha value is -1.74. The Bertz CT molecular complexity index is 675. The molecule has 1 amide bonds. The third-order valence-electron chi connectivity index (χ3n) is 2.40. The van der Waals surface area contributed by atoms with Crippen LogP contribution in [0.1, 0.15) is 24.6 Å². The van der Waals surface area contributed by atoms with Crippen LogP contribution in [-0.2, 0) is 20.4 Å². The Morgan fingerprint density at radius 1 is 1.58 bits per heavy atom. The average Bonchev–Trinajstić information content (AvgIpc) is 2.97. The van der Waals surface area contributed by atoms with Crippen molar-refractivity contribution in [3.8, 4) is 0 Å². The number of aromatic nitrogens is 2. The Labute approximate surface area is 113 Å². The number of rotatable bonds is 5.